The van der Waals surface area contributed by atoms with E-state index in [1.54, 1.807) is 6.07 Å². The van der Waals surface area contributed by atoms with Gasteiger partial charge in [-0.3, -0.25) is 4.79 Å². The number of carboxylic acid groups (broad SMARTS) is 2. The summed E-state index contributed by atoms with van der Waals surface area (Å²) < 4.78 is 0. The maximum absolute atomic E-state index is 11.2. The molecule has 21 heavy (non-hydrogen) atoms. The molecule has 6 nitrogen and oxygen atoms in total. The Morgan fingerprint density at radius 2 is 1.52 bits per heavy atom. The third-order valence-electron chi connectivity index (χ3n) is 2.80. The largest absolute Gasteiger partial charge is 0.478 e. The van der Waals surface area contributed by atoms with Crippen LogP contribution in [-0.2, 0) is 9.59 Å². The van der Waals surface area contributed by atoms with Gasteiger partial charge in [0.25, 0.3) is 0 Å². The molecule has 2 aromatic rings. The van der Waals surface area contributed by atoms with E-state index in [0.29, 0.717) is 5.56 Å². The Morgan fingerprint density at radius 1 is 0.857 bits per heavy atom. The fourth-order valence-electron chi connectivity index (χ4n) is 1.82. The first-order valence-corrected chi connectivity index (χ1v) is 5.96. The summed E-state index contributed by atoms with van der Waals surface area (Å²) >= 11 is 0. The topological polar surface area (TPSA) is 104 Å². The molecule has 0 heterocycles. The maximum Gasteiger partial charge on any atom is 0.394 e. The highest BCUT2D eigenvalue weighted by molar-refractivity contribution is 6.36. The van der Waals surface area contributed by atoms with Crippen molar-refractivity contribution >= 4 is 23.5 Å². The number of aliphatic carboxylic acids is 1. The molecule has 0 saturated carbocycles. The van der Waals surface area contributed by atoms with Crippen LogP contribution < -0.4 is 5.32 Å². The first kappa shape index (κ1) is 14.3. The zero-order valence-corrected chi connectivity index (χ0v) is 10.7. The van der Waals surface area contributed by atoms with Gasteiger partial charge in [-0.1, -0.05) is 36.4 Å². The normalized spacial score (nSPS) is 9.90. The third kappa shape index (κ3) is 3.24. The van der Waals surface area contributed by atoms with Crippen LogP contribution >= 0.6 is 0 Å². The summed E-state index contributed by atoms with van der Waals surface area (Å²) in [6.45, 7) is 0. The van der Waals surface area contributed by atoms with Crippen LogP contribution in [0.5, 0.6) is 0 Å². The average Bonchev–Trinajstić information content (AvgIpc) is 2.47. The molecule has 106 valence electrons. The number of hydrogen-bond acceptors (Lipinski definition) is 3. The van der Waals surface area contributed by atoms with Crippen molar-refractivity contribution in [2.45, 2.75) is 0 Å². The second-order valence-corrected chi connectivity index (χ2v) is 4.19. The van der Waals surface area contributed by atoms with E-state index >= 15 is 0 Å². The number of aromatic carboxylic acids is 1. The molecule has 3 N–H and O–H groups in total. The number of hydrogen-bond donors (Lipinski definition) is 3. The predicted octanol–water partition coefficient (Wildman–Crippen LogP) is 2.07. The van der Waals surface area contributed by atoms with E-state index < -0.39 is 17.8 Å². The van der Waals surface area contributed by atoms with E-state index in [2.05, 4.69) is 5.32 Å². The van der Waals surface area contributed by atoms with Gasteiger partial charge >= 0.3 is 17.8 Å². The zero-order chi connectivity index (χ0) is 15.4. The van der Waals surface area contributed by atoms with Gasteiger partial charge in [0.05, 0.1) is 11.3 Å². The van der Waals surface area contributed by atoms with Gasteiger partial charge < -0.3 is 15.5 Å². The van der Waals surface area contributed by atoms with Crippen molar-refractivity contribution < 1.29 is 24.6 Å². The molecule has 0 aliphatic carbocycles. The van der Waals surface area contributed by atoms with E-state index in [0.717, 1.165) is 5.56 Å². The van der Waals surface area contributed by atoms with Crippen LogP contribution in [0.15, 0.2) is 48.5 Å². The van der Waals surface area contributed by atoms with E-state index in [1.807, 2.05) is 30.3 Å². The van der Waals surface area contributed by atoms with Gasteiger partial charge in [-0.15, -0.1) is 0 Å². The Hall–Kier alpha value is -3.15. The number of anilines is 1. The van der Waals surface area contributed by atoms with Crippen molar-refractivity contribution in [2.24, 2.45) is 0 Å². The van der Waals surface area contributed by atoms with Crippen molar-refractivity contribution in [3.05, 3.63) is 54.1 Å². The van der Waals surface area contributed by atoms with Gasteiger partial charge in [0.2, 0.25) is 0 Å². The van der Waals surface area contributed by atoms with E-state index in [1.165, 1.54) is 12.1 Å². The minimum atomic E-state index is -1.68. The van der Waals surface area contributed by atoms with Crippen molar-refractivity contribution in [3.63, 3.8) is 0 Å². The van der Waals surface area contributed by atoms with Crippen LogP contribution in [-0.4, -0.2) is 28.1 Å². The Bertz CT molecular complexity index is 709. The predicted molar refractivity (Wildman–Crippen MR) is 75.1 cm³/mol. The molecule has 0 aliphatic heterocycles. The molecule has 2 aromatic carbocycles. The summed E-state index contributed by atoms with van der Waals surface area (Å²) in [5.74, 6) is -4.23. The Morgan fingerprint density at radius 3 is 2.10 bits per heavy atom. The number of nitrogens with one attached hydrogen (secondary N) is 1. The Balaban J connectivity index is 2.46. The lowest BCUT2D eigenvalue weighted by Crippen LogP contribution is -2.23. The van der Waals surface area contributed by atoms with Crippen LogP contribution in [0.2, 0.25) is 0 Å². The van der Waals surface area contributed by atoms with E-state index in [9.17, 15) is 14.4 Å². The zero-order valence-electron chi connectivity index (χ0n) is 10.7. The molecule has 1 amide bonds. The van der Waals surface area contributed by atoms with Gasteiger partial charge in [0.1, 0.15) is 0 Å². The number of carbonyl (C=O) groups excluding carboxylic acids is 1. The van der Waals surface area contributed by atoms with Gasteiger partial charge in [-0.05, 0) is 23.3 Å². The summed E-state index contributed by atoms with van der Waals surface area (Å²) in [5.41, 5.74) is 1.25. The summed E-state index contributed by atoms with van der Waals surface area (Å²) in [7, 11) is 0. The van der Waals surface area contributed by atoms with Crippen LogP contribution in [0.25, 0.3) is 11.1 Å². The molecule has 6 heteroatoms. The molecule has 2 rings (SSSR count). The SMILES string of the molecule is O=C(O)C(=O)Nc1cc(-c2ccccc2)ccc1C(=O)O. The summed E-state index contributed by atoms with van der Waals surface area (Å²) in [5, 5.41) is 19.8. The lowest BCUT2D eigenvalue weighted by molar-refractivity contribution is -0.147. The third-order valence-corrected chi connectivity index (χ3v) is 2.80. The van der Waals surface area contributed by atoms with Crippen molar-refractivity contribution in [3.8, 4) is 11.1 Å². The summed E-state index contributed by atoms with van der Waals surface area (Å²) in [4.78, 5) is 32.9. The Labute approximate surface area is 119 Å². The number of rotatable bonds is 3. The van der Waals surface area contributed by atoms with Gasteiger partial charge in [-0.25, -0.2) is 9.59 Å². The first-order chi connectivity index (χ1) is 9.99. The van der Waals surface area contributed by atoms with Crippen LogP contribution in [0.3, 0.4) is 0 Å². The van der Waals surface area contributed by atoms with Crippen molar-refractivity contribution in [2.75, 3.05) is 5.32 Å². The lowest BCUT2D eigenvalue weighted by Gasteiger charge is -2.09. The highest BCUT2D eigenvalue weighted by atomic mass is 16.4. The smallest absolute Gasteiger partial charge is 0.394 e. The maximum atomic E-state index is 11.2. The first-order valence-electron chi connectivity index (χ1n) is 5.96. The summed E-state index contributed by atoms with van der Waals surface area (Å²) in [6, 6.07) is 13.4. The fourth-order valence-corrected chi connectivity index (χ4v) is 1.82. The van der Waals surface area contributed by atoms with E-state index in [-0.39, 0.29) is 11.3 Å². The van der Waals surface area contributed by atoms with Gasteiger partial charge in [-0.2, -0.15) is 0 Å². The lowest BCUT2D eigenvalue weighted by atomic mass is 10.0. The van der Waals surface area contributed by atoms with Crippen LogP contribution in [0, 0.1) is 0 Å². The number of amides is 1. The standard InChI is InChI=1S/C15H11NO5/c17-13(15(20)21)16-12-8-10(6-7-11(12)14(18)19)9-4-2-1-3-5-9/h1-8H,(H,16,17)(H,18,19)(H,20,21). The highest BCUT2D eigenvalue weighted by Gasteiger charge is 2.17. The van der Waals surface area contributed by atoms with Crippen LogP contribution in [0.1, 0.15) is 10.4 Å². The van der Waals surface area contributed by atoms with Gasteiger partial charge in [0, 0.05) is 0 Å². The molecule has 0 radical (unpaired) electrons. The molecule has 0 spiro atoms. The number of carboxylic acids is 2. The minimum Gasteiger partial charge on any atom is -0.478 e. The highest BCUT2D eigenvalue weighted by Crippen LogP contribution is 2.25. The number of carbonyl (C=O) groups is 3. The second kappa shape index (κ2) is 5.87. The van der Waals surface area contributed by atoms with Crippen molar-refractivity contribution in [1.29, 1.82) is 0 Å². The molecule has 0 bridgehead atoms. The Kier molecular flexibility index (Phi) is 3.99. The molecule has 0 unspecified atom stereocenters. The molecule has 0 saturated heterocycles. The minimum absolute atomic E-state index is 0.0590. The quantitative estimate of drug-likeness (QED) is 0.749. The molecular formula is C15H11NO5. The number of benzene rings is 2. The average molecular weight is 285 g/mol. The molecule has 0 atom stereocenters. The van der Waals surface area contributed by atoms with Crippen molar-refractivity contribution in [1.82, 2.24) is 0 Å². The molecule has 0 aliphatic rings. The fraction of sp³-hybridized carbons (Fsp3) is 0. The van der Waals surface area contributed by atoms with Gasteiger partial charge in [0.15, 0.2) is 0 Å². The molecule has 0 aromatic heterocycles. The summed E-state index contributed by atoms with van der Waals surface area (Å²) in [6.07, 6.45) is 0. The molecule has 0 fully saturated rings. The van der Waals surface area contributed by atoms with E-state index in [4.69, 9.17) is 10.2 Å². The molecular weight excluding hydrogens is 274 g/mol. The van der Waals surface area contributed by atoms with Crippen LogP contribution in [0.4, 0.5) is 5.69 Å². The second-order valence-electron chi connectivity index (χ2n) is 4.19. The monoisotopic (exact) mass is 285 g/mol.